The molecule has 24 heavy (non-hydrogen) atoms. The molecule has 1 saturated heterocycles. The maximum absolute atomic E-state index is 13.2. The summed E-state index contributed by atoms with van der Waals surface area (Å²) in [5, 5.41) is 0. The smallest absolute Gasteiger partial charge is 0.369 e. The topological polar surface area (TPSA) is 80.0 Å². The average Bonchev–Trinajstić information content (AvgIpc) is 2.48. The number of piperidine rings is 1. The van der Waals surface area contributed by atoms with Crippen LogP contribution in [0.25, 0.3) is 0 Å². The van der Waals surface area contributed by atoms with E-state index in [1.165, 1.54) is 0 Å². The van der Waals surface area contributed by atoms with Crippen LogP contribution in [-0.4, -0.2) is 29.9 Å². The monoisotopic (exact) mass is 345 g/mol. The van der Waals surface area contributed by atoms with Gasteiger partial charge in [0.2, 0.25) is 5.96 Å². The molecule has 1 aromatic carbocycles. The molecular weight excluding hydrogens is 326 g/mol. The van der Waals surface area contributed by atoms with Gasteiger partial charge in [0.25, 0.3) is 0 Å². The van der Waals surface area contributed by atoms with E-state index in [4.69, 9.17) is 11.5 Å². The standard InChI is InChI=1S/C15H19F4N5/c1-9-3-2-6-24(8-9)14(21)23-13(20)22-10-4-5-12(16)11(7-10)15(17,18)19/h4-5,7,9H,2-3,6,8H2,1H3,(H4,20,21,22,23). The first-order valence-corrected chi connectivity index (χ1v) is 7.47. The third kappa shape index (κ3) is 4.59. The summed E-state index contributed by atoms with van der Waals surface area (Å²) in [7, 11) is 0. The number of likely N-dealkylation sites (tertiary alicyclic amines) is 1. The number of alkyl halides is 3. The summed E-state index contributed by atoms with van der Waals surface area (Å²) in [6, 6.07) is 2.36. The van der Waals surface area contributed by atoms with E-state index in [2.05, 4.69) is 16.9 Å². The molecule has 1 aliphatic rings. The van der Waals surface area contributed by atoms with E-state index in [0.717, 1.165) is 32.0 Å². The van der Waals surface area contributed by atoms with Gasteiger partial charge in [0.15, 0.2) is 5.96 Å². The lowest BCUT2D eigenvalue weighted by Gasteiger charge is -2.31. The molecule has 4 N–H and O–H groups in total. The maximum atomic E-state index is 13.2. The molecule has 0 aromatic heterocycles. The first-order chi connectivity index (χ1) is 11.2. The van der Waals surface area contributed by atoms with E-state index in [1.54, 1.807) is 0 Å². The molecule has 1 fully saturated rings. The van der Waals surface area contributed by atoms with Crippen LogP contribution in [0, 0.1) is 11.7 Å². The summed E-state index contributed by atoms with van der Waals surface area (Å²) in [5.74, 6) is -1.02. The van der Waals surface area contributed by atoms with Crippen LogP contribution in [0.2, 0.25) is 0 Å². The minimum Gasteiger partial charge on any atom is -0.369 e. The molecule has 1 heterocycles. The summed E-state index contributed by atoms with van der Waals surface area (Å²) in [5.41, 5.74) is 9.94. The van der Waals surface area contributed by atoms with Crippen molar-refractivity contribution in [3.05, 3.63) is 29.6 Å². The molecule has 0 radical (unpaired) electrons. The number of benzene rings is 1. The summed E-state index contributed by atoms with van der Waals surface area (Å²) < 4.78 is 51.3. The highest BCUT2D eigenvalue weighted by atomic mass is 19.4. The zero-order valence-corrected chi connectivity index (χ0v) is 13.1. The molecule has 0 saturated carbocycles. The van der Waals surface area contributed by atoms with Crippen molar-refractivity contribution in [2.75, 3.05) is 13.1 Å². The van der Waals surface area contributed by atoms with Crippen LogP contribution in [0.15, 0.2) is 28.2 Å². The van der Waals surface area contributed by atoms with Crippen LogP contribution in [0.5, 0.6) is 0 Å². The van der Waals surface area contributed by atoms with Gasteiger partial charge in [0.1, 0.15) is 5.82 Å². The van der Waals surface area contributed by atoms with Crippen LogP contribution in [0.1, 0.15) is 25.3 Å². The minimum atomic E-state index is -4.81. The number of nitrogens with two attached hydrogens (primary N) is 2. The Morgan fingerprint density at radius 1 is 1.29 bits per heavy atom. The SMILES string of the molecule is CC1CCCN(/C(N)=N/C(N)=Nc2ccc(F)c(C(F)(F)F)c2)C1. The number of guanidine groups is 2. The zero-order chi connectivity index (χ0) is 17.9. The number of nitrogens with zero attached hydrogens (tertiary/aromatic N) is 3. The third-order valence-corrected chi connectivity index (χ3v) is 3.71. The Balaban J connectivity index is 2.20. The highest BCUT2D eigenvalue weighted by Crippen LogP contribution is 2.33. The Kier molecular flexibility index (Phi) is 5.30. The third-order valence-electron chi connectivity index (χ3n) is 3.71. The van der Waals surface area contributed by atoms with Crippen molar-refractivity contribution in [3.63, 3.8) is 0 Å². The van der Waals surface area contributed by atoms with Crippen LogP contribution in [0.4, 0.5) is 23.2 Å². The highest BCUT2D eigenvalue weighted by molar-refractivity contribution is 5.94. The van der Waals surface area contributed by atoms with Gasteiger partial charge in [-0.25, -0.2) is 9.38 Å². The van der Waals surface area contributed by atoms with E-state index in [-0.39, 0.29) is 17.6 Å². The summed E-state index contributed by atoms with van der Waals surface area (Å²) in [4.78, 5) is 9.53. The molecule has 0 bridgehead atoms. The van der Waals surface area contributed by atoms with Crippen molar-refractivity contribution < 1.29 is 17.6 Å². The van der Waals surface area contributed by atoms with Gasteiger partial charge in [0, 0.05) is 13.1 Å². The number of aliphatic imine (C=N–C) groups is 2. The Labute approximate surface area is 137 Å². The lowest BCUT2D eigenvalue weighted by molar-refractivity contribution is -0.139. The summed E-state index contributed by atoms with van der Waals surface area (Å²) >= 11 is 0. The van der Waals surface area contributed by atoms with Gasteiger partial charge in [0.05, 0.1) is 11.3 Å². The number of hydrogen-bond acceptors (Lipinski definition) is 1. The van der Waals surface area contributed by atoms with Crippen LogP contribution in [-0.2, 0) is 6.18 Å². The van der Waals surface area contributed by atoms with E-state index in [1.807, 2.05) is 4.90 Å². The molecule has 1 unspecified atom stereocenters. The lowest BCUT2D eigenvalue weighted by atomic mass is 10.0. The van der Waals surface area contributed by atoms with Gasteiger partial charge in [-0.3, -0.25) is 0 Å². The second kappa shape index (κ2) is 7.06. The Bertz CT molecular complexity index is 654. The van der Waals surface area contributed by atoms with E-state index in [9.17, 15) is 17.6 Å². The molecule has 132 valence electrons. The molecule has 5 nitrogen and oxygen atoms in total. The minimum absolute atomic E-state index is 0.148. The Morgan fingerprint density at radius 3 is 2.62 bits per heavy atom. The first-order valence-electron chi connectivity index (χ1n) is 7.47. The van der Waals surface area contributed by atoms with Crippen molar-refractivity contribution in [1.29, 1.82) is 0 Å². The number of halogens is 4. The predicted octanol–water partition coefficient (Wildman–Crippen LogP) is 2.84. The second-order valence-corrected chi connectivity index (χ2v) is 5.80. The van der Waals surface area contributed by atoms with E-state index >= 15 is 0 Å². The summed E-state index contributed by atoms with van der Waals surface area (Å²) in [6.07, 6.45) is -2.74. The van der Waals surface area contributed by atoms with Crippen LogP contribution >= 0.6 is 0 Å². The fraction of sp³-hybridized carbons (Fsp3) is 0.467. The van der Waals surface area contributed by atoms with Gasteiger partial charge in [-0.1, -0.05) is 6.92 Å². The molecule has 1 atom stereocenters. The molecule has 0 amide bonds. The predicted molar refractivity (Wildman–Crippen MR) is 84.3 cm³/mol. The van der Waals surface area contributed by atoms with Gasteiger partial charge >= 0.3 is 6.18 Å². The molecule has 1 aliphatic heterocycles. The van der Waals surface area contributed by atoms with Crippen molar-refractivity contribution in [1.82, 2.24) is 4.90 Å². The molecule has 0 spiro atoms. The Morgan fingerprint density at radius 2 is 2.00 bits per heavy atom. The maximum Gasteiger partial charge on any atom is 0.419 e. The normalized spacial score (nSPS) is 20.4. The molecule has 1 aromatic rings. The lowest BCUT2D eigenvalue weighted by Crippen LogP contribution is -2.44. The zero-order valence-electron chi connectivity index (χ0n) is 13.1. The van der Waals surface area contributed by atoms with Crippen molar-refractivity contribution in [2.45, 2.75) is 25.9 Å². The average molecular weight is 345 g/mol. The molecule has 0 aliphatic carbocycles. The van der Waals surface area contributed by atoms with Crippen molar-refractivity contribution in [2.24, 2.45) is 27.4 Å². The first kappa shape index (κ1) is 18.0. The fourth-order valence-electron chi connectivity index (χ4n) is 2.54. The van der Waals surface area contributed by atoms with Crippen molar-refractivity contribution >= 4 is 17.6 Å². The largest absolute Gasteiger partial charge is 0.419 e. The fourth-order valence-corrected chi connectivity index (χ4v) is 2.54. The highest BCUT2D eigenvalue weighted by Gasteiger charge is 2.34. The van der Waals surface area contributed by atoms with Crippen LogP contribution < -0.4 is 11.5 Å². The Hall–Kier alpha value is -2.32. The second-order valence-electron chi connectivity index (χ2n) is 5.80. The molecule has 2 rings (SSSR count). The molecular formula is C15H19F4N5. The van der Waals surface area contributed by atoms with Crippen molar-refractivity contribution in [3.8, 4) is 0 Å². The quantitative estimate of drug-likeness (QED) is 0.467. The van der Waals surface area contributed by atoms with Gasteiger partial charge in [-0.15, -0.1) is 0 Å². The molecule has 9 heteroatoms. The van der Waals surface area contributed by atoms with Crippen LogP contribution in [0.3, 0.4) is 0 Å². The number of rotatable bonds is 1. The van der Waals surface area contributed by atoms with Gasteiger partial charge < -0.3 is 16.4 Å². The van der Waals surface area contributed by atoms with Gasteiger partial charge in [-0.2, -0.15) is 18.2 Å². The summed E-state index contributed by atoms with van der Waals surface area (Å²) in [6.45, 7) is 3.56. The van der Waals surface area contributed by atoms with E-state index in [0.29, 0.717) is 18.1 Å². The van der Waals surface area contributed by atoms with Gasteiger partial charge in [-0.05, 0) is 37.0 Å². The van der Waals surface area contributed by atoms with E-state index < -0.39 is 17.6 Å². The number of hydrogen-bond donors (Lipinski definition) is 2.